The second-order valence-electron chi connectivity index (χ2n) is 9.02. The van der Waals surface area contributed by atoms with E-state index in [1.165, 1.54) is 21.7 Å². The molecule has 1 aromatic heterocycles. The zero-order valence-electron chi connectivity index (χ0n) is 19.4. The summed E-state index contributed by atoms with van der Waals surface area (Å²) in [5.41, 5.74) is 2.80. The van der Waals surface area contributed by atoms with Crippen LogP contribution in [0.15, 0.2) is 48.4 Å². The van der Waals surface area contributed by atoms with E-state index >= 15 is 0 Å². The second-order valence-corrected chi connectivity index (χ2v) is 9.02. The zero-order valence-corrected chi connectivity index (χ0v) is 19.4. The van der Waals surface area contributed by atoms with Crippen LogP contribution in [-0.2, 0) is 4.79 Å². The highest BCUT2D eigenvalue weighted by Gasteiger charge is 2.32. The SMILES string of the molecule is CC(=O)N1CCN(c2nccnc2OC2CN(C3=CC=c4ccccc4=C(C)CC3)C2)CC1. The van der Waals surface area contributed by atoms with Crippen molar-refractivity contribution in [2.75, 3.05) is 44.2 Å². The fraction of sp³-hybridized carbons (Fsp3) is 0.423. The zero-order chi connectivity index (χ0) is 22.8. The van der Waals surface area contributed by atoms with Gasteiger partial charge in [-0.3, -0.25) is 4.79 Å². The van der Waals surface area contributed by atoms with Gasteiger partial charge in [-0.2, -0.15) is 0 Å². The molecule has 0 saturated carbocycles. The highest BCUT2D eigenvalue weighted by Crippen LogP contribution is 2.29. The number of benzene rings is 1. The van der Waals surface area contributed by atoms with E-state index in [1.807, 2.05) is 4.90 Å². The van der Waals surface area contributed by atoms with E-state index in [2.05, 4.69) is 63.1 Å². The largest absolute Gasteiger partial charge is 0.468 e. The quantitative estimate of drug-likeness (QED) is 0.712. The number of fused-ring (bicyclic) bond motifs is 1. The fourth-order valence-corrected chi connectivity index (χ4v) is 4.77. The third-order valence-electron chi connectivity index (χ3n) is 6.84. The molecule has 3 heterocycles. The first-order valence-corrected chi connectivity index (χ1v) is 11.8. The molecule has 2 fully saturated rings. The molecule has 33 heavy (non-hydrogen) atoms. The standard InChI is InChI=1S/C26H31N5O2/c1-19-7-9-22(10-8-21-5-3-4-6-24(19)21)31-17-23(18-31)33-26-25(27-11-12-28-26)30-15-13-29(14-16-30)20(2)32/h3-6,8,10-12,23H,7,9,13-18H2,1-2H3. The van der Waals surface area contributed by atoms with Crippen LogP contribution in [0.2, 0.25) is 0 Å². The van der Waals surface area contributed by atoms with Crippen LogP contribution in [0.25, 0.3) is 11.6 Å². The fourth-order valence-electron chi connectivity index (χ4n) is 4.77. The van der Waals surface area contributed by atoms with E-state index in [4.69, 9.17) is 4.74 Å². The Morgan fingerprint density at radius 1 is 0.970 bits per heavy atom. The van der Waals surface area contributed by atoms with Gasteiger partial charge in [-0.1, -0.05) is 35.9 Å². The second kappa shape index (κ2) is 9.25. The van der Waals surface area contributed by atoms with Gasteiger partial charge >= 0.3 is 0 Å². The molecule has 1 amide bonds. The van der Waals surface area contributed by atoms with Crippen molar-refractivity contribution in [2.24, 2.45) is 0 Å². The van der Waals surface area contributed by atoms with Gasteiger partial charge in [0.25, 0.3) is 5.88 Å². The molecule has 0 radical (unpaired) electrons. The third kappa shape index (κ3) is 4.58. The number of hydrogen-bond acceptors (Lipinski definition) is 6. The Balaban J connectivity index is 1.23. The van der Waals surface area contributed by atoms with Crippen LogP contribution >= 0.6 is 0 Å². The summed E-state index contributed by atoms with van der Waals surface area (Å²) < 4.78 is 6.28. The van der Waals surface area contributed by atoms with E-state index < -0.39 is 0 Å². The molecule has 0 atom stereocenters. The van der Waals surface area contributed by atoms with Crippen LogP contribution in [0.4, 0.5) is 5.82 Å². The number of carbonyl (C=O) groups is 1. The molecule has 7 nitrogen and oxygen atoms in total. The normalized spacial score (nSPS) is 19.0. The topological polar surface area (TPSA) is 61.8 Å². The first-order chi connectivity index (χ1) is 16.1. The summed E-state index contributed by atoms with van der Waals surface area (Å²) in [6, 6.07) is 8.62. The average molecular weight is 446 g/mol. The number of hydrogen-bond donors (Lipinski definition) is 0. The summed E-state index contributed by atoms with van der Waals surface area (Å²) in [5, 5.41) is 2.64. The van der Waals surface area contributed by atoms with Crippen molar-refractivity contribution >= 4 is 23.4 Å². The highest BCUT2D eigenvalue weighted by atomic mass is 16.5. The van der Waals surface area contributed by atoms with Crippen molar-refractivity contribution in [1.82, 2.24) is 19.8 Å². The van der Waals surface area contributed by atoms with E-state index in [9.17, 15) is 4.79 Å². The molecule has 0 spiro atoms. The monoisotopic (exact) mass is 445 g/mol. The number of piperazine rings is 1. The van der Waals surface area contributed by atoms with E-state index in [0.29, 0.717) is 19.0 Å². The van der Waals surface area contributed by atoms with Crippen molar-refractivity contribution in [3.8, 4) is 5.88 Å². The van der Waals surface area contributed by atoms with E-state index in [-0.39, 0.29) is 12.0 Å². The van der Waals surface area contributed by atoms with E-state index in [1.54, 1.807) is 19.3 Å². The molecule has 7 heteroatoms. The van der Waals surface area contributed by atoms with Crippen molar-refractivity contribution < 1.29 is 9.53 Å². The molecule has 1 aliphatic carbocycles. The Labute approximate surface area is 194 Å². The number of carbonyl (C=O) groups excluding carboxylic acids is 1. The van der Waals surface area contributed by atoms with Gasteiger partial charge in [-0.15, -0.1) is 0 Å². The maximum Gasteiger partial charge on any atom is 0.258 e. The summed E-state index contributed by atoms with van der Waals surface area (Å²) in [6.07, 6.45) is 10.1. The molecule has 5 rings (SSSR count). The molecule has 2 aliphatic heterocycles. The summed E-state index contributed by atoms with van der Waals surface area (Å²) >= 11 is 0. The van der Waals surface area contributed by atoms with Crippen LogP contribution in [-0.4, -0.2) is 71.0 Å². The number of amides is 1. The van der Waals surface area contributed by atoms with Gasteiger partial charge in [0, 0.05) is 51.2 Å². The lowest BCUT2D eigenvalue weighted by atomic mass is 10.00. The van der Waals surface area contributed by atoms with Crippen LogP contribution in [0, 0.1) is 0 Å². The Bertz CT molecular complexity index is 1180. The molecule has 0 bridgehead atoms. The average Bonchev–Trinajstić information content (AvgIpc) is 2.81. The van der Waals surface area contributed by atoms with Crippen molar-refractivity contribution in [1.29, 1.82) is 0 Å². The Kier molecular flexibility index (Phi) is 6.03. The van der Waals surface area contributed by atoms with Crippen LogP contribution in [0.5, 0.6) is 5.88 Å². The van der Waals surface area contributed by atoms with Gasteiger partial charge in [0.15, 0.2) is 5.82 Å². The molecule has 2 saturated heterocycles. The van der Waals surface area contributed by atoms with Crippen LogP contribution < -0.4 is 20.1 Å². The number of allylic oxidation sites excluding steroid dienone is 2. The van der Waals surface area contributed by atoms with E-state index in [0.717, 1.165) is 44.8 Å². The number of nitrogens with zero attached hydrogens (tertiary/aromatic N) is 5. The predicted octanol–water partition coefficient (Wildman–Crippen LogP) is 1.54. The van der Waals surface area contributed by atoms with Gasteiger partial charge in [-0.05, 0) is 36.3 Å². The number of rotatable bonds is 4. The molecule has 2 aromatic rings. The van der Waals surface area contributed by atoms with Crippen molar-refractivity contribution in [2.45, 2.75) is 32.8 Å². The molecule has 3 aliphatic rings. The number of aromatic nitrogens is 2. The maximum atomic E-state index is 11.6. The first-order valence-electron chi connectivity index (χ1n) is 11.8. The smallest absolute Gasteiger partial charge is 0.258 e. The lowest BCUT2D eigenvalue weighted by molar-refractivity contribution is -0.129. The van der Waals surface area contributed by atoms with Gasteiger partial charge in [0.1, 0.15) is 6.10 Å². The Morgan fingerprint density at radius 3 is 2.52 bits per heavy atom. The lowest BCUT2D eigenvalue weighted by Gasteiger charge is -2.42. The van der Waals surface area contributed by atoms with Gasteiger partial charge < -0.3 is 19.4 Å². The van der Waals surface area contributed by atoms with Crippen LogP contribution in [0.1, 0.15) is 26.7 Å². The van der Waals surface area contributed by atoms with Gasteiger partial charge in [-0.25, -0.2) is 9.97 Å². The molecular weight excluding hydrogens is 414 g/mol. The first kappa shape index (κ1) is 21.5. The minimum Gasteiger partial charge on any atom is -0.468 e. The number of likely N-dealkylation sites (tertiary alicyclic amines) is 1. The summed E-state index contributed by atoms with van der Waals surface area (Å²) in [5.74, 6) is 1.49. The van der Waals surface area contributed by atoms with Gasteiger partial charge in [0.05, 0.1) is 13.1 Å². The minimum atomic E-state index is 0.0997. The summed E-state index contributed by atoms with van der Waals surface area (Å²) in [7, 11) is 0. The van der Waals surface area contributed by atoms with Crippen LogP contribution in [0.3, 0.4) is 0 Å². The maximum absolute atomic E-state index is 11.6. The lowest BCUT2D eigenvalue weighted by Crippen LogP contribution is -2.53. The molecule has 1 aromatic carbocycles. The van der Waals surface area contributed by atoms with Gasteiger partial charge in [0.2, 0.25) is 5.91 Å². The predicted molar refractivity (Wildman–Crippen MR) is 129 cm³/mol. The Morgan fingerprint density at radius 2 is 1.73 bits per heavy atom. The molecule has 0 unspecified atom stereocenters. The highest BCUT2D eigenvalue weighted by molar-refractivity contribution is 5.73. The molecule has 0 N–H and O–H groups in total. The number of anilines is 1. The Hall–Kier alpha value is -3.35. The molecular formula is C26H31N5O2. The van der Waals surface area contributed by atoms with Crippen molar-refractivity contribution in [3.63, 3.8) is 0 Å². The number of ether oxygens (including phenoxy) is 1. The molecule has 172 valence electrons. The summed E-state index contributed by atoms with van der Waals surface area (Å²) in [6.45, 7) is 8.46. The summed E-state index contributed by atoms with van der Waals surface area (Å²) in [4.78, 5) is 27.1. The third-order valence-corrected chi connectivity index (χ3v) is 6.84. The minimum absolute atomic E-state index is 0.0997. The van der Waals surface area contributed by atoms with Crippen molar-refractivity contribution in [3.05, 3.63) is 58.9 Å².